The van der Waals surface area contributed by atoms with E-state index in [0.717, 1.165) is 40.3 Å². The molecule has 0 N–H and O–H groups in total. The minimum absolute atomic E-state index is 0.0322. The maximum atomic E-state index is 13.1. The number of ether oxygens (including phenoxy) is 2. The van der Waals surface area contributed by atoms with E-state index < -0.39 is 0 Å². The number of aromatic nitrogens is 2. The predicted molar refractivity (Wildman–Crippen MR) is 151 cm³/mol. The first kappa shape index (κ1) is 25.0. The van der Waals surface area contributed by atoms with E-state index in [1.54, 1.807) is 14.0 Å². The normalized spacial score (nSPS) is 10.8. The molecule has 0 aliphatic rings. The maximum Gasteiger partial charge on any atom is 0.164 e. The topological polar surface area (TPSA) is 53.4 Å². The zero-order valence-electron chi connectivity index (χ0n) is 21.6. The van der Waals surface area contributed by atoms with E-state index in [1.165, 1.54) is 5.56 Å². The SMILES string of the molecule is COc1ccc(Cn2nc(-c3cccc(OCCc4ccccc4)c3)c(C(C)=O)c2-c2ccccc2)cc1. The van der Waals surface area contributed by atoms with Gasteiger partial charge in [0.05, 0.1) is 31.5 Å². The molecule has 0 saturated carbocycles. The fourth-order valence-electron chi connectivity index (χ4n) is 4.57. The van der Waals surface area contributed by atoms with E-state index in [9.17, 15) is 4.79 Å². The summed E-state index contributed by atoms with van der Waals surface area (Å²) in [5.74, 6) is 1.51. The van der Waals surface area contributed by atoms with Crippen LogP contribution in [0.3, 0.4) is 0 Å². The highest BCUT2D eigenvalue weighted by Gasteiger charge is 2.24. The smallest absolute Gasteiger partial charge is 0.164 e. The monoisotopic (exact) mass is 502 g/mol. The summed E-state index contributed by atoms with van der Waals surface area (Å²) in [4.78, 5) is 13.1. The Morgan fingerprint density at radius 1 is 0.763 bits per heavy atom. The molecule has 0 atom stereocenters. The number of benzene rings is 4. The molecule has 0 aliphatic heterocycles. The van der Waals surface area contributed by atoms with Crippen LogP contribution in [0.1, 0.15) is 28.4 Å². The van der Waals surface area contributed by atoms with Crippen molar-refractivity contribution < 1.29 is 14.3 Å². The van der Waals surface area contributed by atoms with Crippen molar-refractivity contribution in [1.29, 1.82) is 0 Å². The second kappa shape index (κ2) is 11.6. The largest absolute Gasteiger partial charge is 0.497 e. The minimum Gasteiger partial charge on any atom is -0.497 e. The van der Waals surface area contributed by atoms with Crippen molar-refractivity contribution in [2.75, 3.05) is 13.7 Å². The first-order valence-electron chi connectivity index (χ1n) is 12.7. The molecule has 1 heterocycles. The Morgan fingerprint density at radius 2 is 1.45 bits per heavy atom. The molecule has 0 saturated heterocycles. The third-order valence-corrected chi connectivity index (χ3v) is 6.45. The van der Waals surface area contributed by atoms with E-state index in [-0.39, 0.29) is 5.78 Å². The number of methoxy groups -OCH3 is 1. The van der Waals surface area contributed by atoms with Gasteiger partial charge in [-0.15, -0.1) is 0 Å². The van der Waals surface area contributed by atoms with Crippen molar-refractivity contribution in [2.24, 2.45) is 0 Å². The molecule has 0 unspecified atom stereocenters. The average Bonchev–Trinajstić information content (AvgIpc) is 3.34. The zero-order valence-corrected chi connectivity index (χ0v) is 21.6. The quantitative estimate of drug-likeness (QED) is 0.191. The Bertz CT molecular complexity index is 1510. The first-order chi connectivity index (χ1) is 18.6. The van der Waals surface area contributed by atoms with Gasteiger partial charge in [-0.2, -0.15) is 5.10 Å². The van der Waals surface area contributed by atoms with Crippen LogP contribution in [0.4, 0.5) is 0 Å². The molecule has 0 spiro atoms. The van der Waals surface area contributed by atoms with E-state index >= 15 is 0 Å². The molecule has 0 bridgehead atoms. The first-order valence-corrected chi connectivity index (χ1v) is 12.7. The van der Waals surface area contributed by atoms with Gasteiger partial charge in [0.2, 0.25) is 0 Å². The third kappa shape index (κ3) is 5.68. The molecule has 5 heteroatoms. The number of nitrogens with zero attached hydrogens (tertiary/aromatic N) is 2. The molecular weight excluding hydrogens is 472 g/mol. The zero-order chi connectivity index (χ0) is 26.3. The summed E-state index contributed by atoms with van der Waals surface area (Å²) in [5.41, 5.74) is 6.14. The highest BCUT2D eigenvalue weighted by atomic mass is 16.5. The number of carbonyl (C=O) groups is 1. The second-order valence-electron chi connectivity index (χ2n) is 9.11. The highest BCUT2D eigenvalue weighted by molar-refractivity contribution is 6.05. The summed E-state index contributed by atoms with van der Waals surface area (Å²) >= 11 is 0. The number of ketones is 1. The minimum atomic E-state index is -0.0322. The van der Waals surface area contributed by atoms with Gasteiger partial charge in [-0.25, -0.2) is 0 Å². The lowest BCUT2D eigenvalue weighted by Gasteiger charge is -2.10. The Labute approximate surface area is 223 Å². The van der Waals surface area contributed by atoms with Gasteiger partial charge in [0, 0.05) is 17.5 Å². The van der Waals surface area contributed by atoms with Gasteiger partial charge in [0.15, 0.2) is 5.78 Å². The molecule has 0 radical (unpaired) electrons. The summed E-state index contributed by atoms with van der Waals surface area (Å²) < 4.78 is 13.3. The van der Waals surface area contributed by atoms with Gasteiger partial charge in [-0.05, 0) is 42.3 Å². The van der Waals surface area contributed by atoms with Crippen LogP contribution in [0, 0.1) is 0 Å². The number of hydrogen-bond donors (Lipinski definition) is 0. The van der Waals surface area contributed by atoms with E-state index in [1.807, 2.05) is 102 Å². The van der Waals surface area contributed by atoms with Crippen molar-refractivity contribution in [3.63, 3.8) is 0 Å². The van der Waals surface area contributed by atoms with E-state index in [4.69, 9.17) is 14.6 Å². The van der Waals surface area contributed by atoms with Gasteiger partial charge in [0.25, 0.3) is 0 Å². The lowest BCUT2D eigenvalue weighted by molar-refractivity contribution is 0.101. The molecule has 5 aromatic rings. The molecule has 38 heavy (non-hydrogen) atoms. The lowest BCUT2D eigenvalue weighted by atomic mass is 9.99. The van der Waals surface area contributed by atoms with Crippen molar-refractivity contribution in [1.82, 2.24) is 9.78 Å². The van der Waals surface area contributed by atoms with Crippen LogP contribution in [0.5, 0.6) is 11.5 Å². The Hall–Kier alpha value is -4.64. The van der Waals surface area contributed by atoms with Gasteiger partial charge < -0.3 is 9.47 Å². The summed E-state index contributed by atoms with van der Waals surface area (Å²) in [6.45, 7) is 2.68. The molecule has 190 valence electrons. The van der Waals surface area contributed by atoms with Gasteiger partial charge >= 0.3 is 0 Å². The van der Waals surface area contributed by atoms with Crippen molar-refractivity contribution in [3.05, 3.63) is 126 Å². The van der Waals surface area contributed by atoms with Crippen molar-refractivity contribution >= 4 is 5.78 Å². The maximum absolute atomic E-state index is 13.1. The molecule has 4 aromatic carbocycles. The lowest BCUT2D eigenvalue weighted by Crippen LogP contribution is -2.05. The molecule has 1 aromatic heterocycles. The summed E-state index contributed by atoms with van der Waals surface area (Å²) in [5, 5.41) is 4.99. The number of carbonyl (C=O) groups excluding carboxylic acids is 1. The molecular formula is C33H30N2O3. The summed E-state index contributed by atoms with van der Waals surface area (Å²) in [7, 11) is 1.65. The molecule has 0 aliphatic carbocycles. The molecule has 5 rings (SSSR count). The fraction of sp³-hybridized carbons (Fsp3) is 0.152. The van der Waals surface area contributed by atoms with Crippen molar-refractivity contribution in [2.45, 2.75) is 19.9 Å². The average molecular weight is 503 g/mol. The van der Waals surface area contributed by atoms with E-state index in [0.29, 0.717) is 24.4 Å². The van der Waals surface area contributed by atoms with Crippen LogP contribution in [-0.4, -0.2) is 29.3 Å². The number of hydrogen-bond acceptors (Lipinski definition) is 4. The Balaban J connectivity index is 1.51. The number of Topliss-reactive ketones (excluding diaryl/α,β-unsaturated/α-hetero) is 1. The summed E-state index contributed by atoms with van der Waals surface area (Å²) in [6.07, 6.45) is 0.818. The standard InChI is InChI=1S/C33H30N2O3/c1-24(36)31-32(28-14-9-15-30(22-28)38-21-20-25-10-5-3-6-11-25)34-35(33(31)27-12-7-4-8-13-27)23-26-16-18-29(37-2)19-17-26/h3-19,22H,20-21,23H2,1-2H3. The highest BCUT2D eigenvalue weighted by Crippen LogP contribution is 2.34. The van der Waals surface area contributed by atoms with Crippen LogP contribution in [-0.2, 0) is 13.0 Å². The molecule has 0 fully saturated rings. The molecule has 0 amide bonds. The van der Waals surface area contributed by atoms with Gasteiger partial charge in [-0.3, -0.25) is 9.48 Å². The molecule has 5 nitrogen and oxygen atoms in total. The van der Waals surface area contributed by atoms with Crippen LogP contribution < -0.4 is 9.47 Å². The van der Waals surface area contributed by atoms with Crippen LogP contribution in [0.2, 0.25) is 0 Å². The second-order valence-corrected chi connectivity index (χ2v) is 9.11. The van der Waals surface area contributed by atoms with E-state index in [2.05, 4.69) is 12.1 Å². The Morgan fingerprint density at radius 3 is 2.13 bits per heavy atom. The van der Waals surface area contributed by atoms with Crippen LogP contribution in [0.15, 0.2) is 109 Å². The van der Waals surface area contributed by atoms with Crippen molar-refractivity contribution in [3.8, 4) is 34.0 Å². The van der Waals surface area contributed by atoms with Crippen LogP contribution in [0.25, 0.3) is 22.5 Å². The van der Waals surface area contributed by atoms with Gasteiger partial charge in [0.1, 0.15) is 17.2 Å². The van der Waals surface area contributed by atoms with Gasteiger partial charge in [-0.1, -0.05) is 84.9 Å². The fourth-order valence-corrected chi connectivity index (χ4v) is 4.57. The predicted octanol–water partition coefficient (Wildman–Crippen LogP) is 7.10. The Kier molecular flexibility index (Phi) is 7.65. The third-order valence-electron chi connectivity index (χ3n) is 6.45. The summed E-state index contributed by atoms with van der Waals surface area (Å²) in [6, 6.07) is 36.0. The number of rotatable bonds is 10. The van der Waals surface area contributed by atoms with Crippen LogP contribution >= 0.6 is 0 Å².